The van der Waals surface area contributed by atoms with Gasteiger partial charge in [-0.1, -0.05) is 12.1 Å². The molecule has 7 heteroatoms. The molecule has 31 heavy (non-hydrogen) atoms. The quantitative estimate of drug-likeness (QED) is 0.664. The van der Waals surface area contributed by atoms with E-state index in [0.29, 0.717) is 12.3 Å². The van der Waals surface area contributed by atoms with Gasteiger partial charge in [-0.05, 0) is 49.0 Å². The number of nitrogens with one attached hydrogen (secondary N) is 1. The number of methoxy groups -OCH3 is 1. The van der Waals surface area contributed by atoms with Gasteiger partial charge in [0.05, 0.1) is 13.2 Å². The molecular formula is C24H34N4O3. The summed E-state index contributed by atoms with van der Waals surface area (Å²) in [6, 6.07) is 15.9. The summed E-state index contributed by atoms with van der Waals surface area (Å²) in [6.07, 6.45) is 0. The third kappa shape index (κ3) is 6.60. The van der Waals surface area contributed by atoms with E-state index in [4.69, 9.17) is 9.47 Å². The van der Waals surface area contributed by atoms with Crippen molar-refractivity contribution in [3.05, 3.63) is 54.1 Å². The van der Waals surface area contributed by atoms with Crippen molar-refractivity contribution in [3.8, 4) is 11.5 Å². The second kappa shape index (κ2) is 11.0. The summed E-state index contributed by atoms with van der Waals surface area (Å²) in [5.41, 5.74) is 2.38. The van der Waals surface area contributed by atoms with Crippen LogP contribution in [0.1, 0.15) is 11.6 Å². The molecule has 1 heterocycles. The zero-order valence-corrected chi connectivity index (χ0v) is 19.0. The van der Waals surface area contributed by atoms with Crippen LogP contribution >= 0.6 is 0 Å². The van der Waals surface area contributed by atoms with Crippen LogP contribution in [-0.4, -0.2) is 83.3 Å². The summed E-state index contributed by atoms with van der Waals surface area (Å²) < 4.78 is 10.8. The Morgan fingerprint density at radius 2 is 1.61 bits per heavy atom. The average Bonchev–Trinajstić information content (AvgIpc) is 2.79. The van der Waals surface area contributed by atoms with Gasteiger partial charge < -0.3 is 24.6 Å². The van der Waals surface area contributed by atoms with Gasteiger partial charge in [-0.2, -0.15) is 0 Å². The molecular weight excluding hydrogens is 392 g/mol. The maximum Gasteiger partial charge on any atom is 0.258 e. The first kappa shape index (κ1) is 22.9. The van der Waals surface area contributed by atoms with Crippen molar-refractivity contribution in [1.29, 1.82) is 0 Å². The molecule has 0 radical (unpaired) electrons. The van der Waals surface area contributed by atoms with Crippen molar-refractivity contribution in [3.63, 3.8) is 0 Å². The van der Waals surface area contributed by atoms with E-state index < -0.39 is 0 Å². The van der Waals surface area contributed by atoms with Crippen LogP contribution in [0.15, 0.2) is 48.5 Å². The molecule has 0 spiro atoms. The normalized spacial score (nSPS) is 15.9. The number of amides is 1. The van der Waals surface area contributed by atoms with E-state index in [-0.39, 0.29) is 18.6 Å². The van der Waals surface area contributed by atoms with E-state index in [9.17, 15) is 4.79 Å². The molecule has 7 nitrogen and oxygen atoms in total. The summed E-state index contributed by atoms with van der Waals surface area (Å²) in [7, 11) is 7.84. The summed E-state index contributed by atoms with van der Waals surface area (Å²) in [6.45, 7) is 4.56. The molecule has 1 amide bonds. The molecule has 1 aliphatic rings. The van der Waals surface area contributed by atoms with Gasteiger partial charge in [-0.15, -0.1) is 0 Å². The van der Waals surface area contributed by atoms with Crippen molar-refractivity contribution >= 4 is 11.6 Å². The first-order valence-corrected chi connectivity index (χ1v) is 10.7. The molecule has 3 rings (SSSR count). The zero-order valence-electron chi connectivity index (χ0n) is 19.0. The Balaban J connectivity index is 1.60. The number of benzene rings is 2. The highest BCUT2D eigenvalue weighted by molar-refractivity contribution is 5.77. The fourth-order valence-electron chi connectivity index (χ4n) is 3.67. The molecule has 1 fully saturated rings. The molecule has 1 aliphatic heterocycles. The smallest absolute Gasteiger partial charge is 0.258 e. The third-order valence-corrected chi connectivity index (χ3v) is 5.69. The maximum atomic E-state index is 12.5. The fourth-order valence-corrected chi connectivity index (χ4v) is 3.67. The van der Waals surface area contributed by atoms with E-state index in [1.807, 2.05) is 26.2 Å². The minimum atomic E-state index is -0.125. The highest BCUT2D eigenvalue weighted by atomic mass is 16.5. The first-order valence-electron chi connectivity index (χ1n) is 10.7. The molecule has 2 aromatic carbocycles. The number of hydrogen-bond acceptors (Lipinski definition) is 6. The topological polar surface area (TPSA) is 57.3 Å². The van der Waals surface area contributed by atoms with Gasteiger partial charge in [0, 0.05) is 52.5 Å². The molecule has 168 valence electrons. The van der Waals surface area contributed by atoms with E-state index in [1.54, 1.807) is 19.2 Å². The average molecular weight is 427 g/mol. The van der Waals surface area contributed by atoms with Crippen LogP contribution in [0.25, 0.3) is 0 Å². The minimum absolute atomic E-state index is 0.0125. The van der Waals surface area contributed by atoms with Crippen molar-refractivity contribution in [2.45, 2.75) is 6.04 Å². The van der Waals surface area contributed by atoms with Gasteiger partial charge in [-0.25, -0.2) is 0 Å². The van der Waals surface area contributed by atoms with E-state index in [2.05, 4.69) is 51.3 Å². The van der Waals surface area contributed by atoms with Gasteiger partial charge in [0.1, 0.15) is 11.5 Å². The SMILES string of the molecule is COc1ccc(OCC(=O)NC[C@H](c2ccc(N(C)C)cc2)N2CCN(C)CC2)cc1. The molecule has 0 aromatic heterocycles. The van der Waals surface area contributed by atoms with Gasteiger partial charge in [0.25, 0.3) is 5.91 Å². The second-order valence-electron chi connectivity index (χ2n) is 8.11. The zero-order chi connectivity index (χ0) is 22.2. The number of rotatable bonds is 9. The Kier molecular flexibility index (Phi) is 8.14. The van der Waals surface area contributed by atoms with Crippen molar-refractivity contribution < 1.29 is 14.3 Å². The molecule has 1 saturated heterocycles. The van der Waals surface area contributed by atoms with Crippen LogP contribution in [0.5, 0.6) is 11.5 Å². The number of likely N-dealkylation sites (N-methyl/N-ethyl adjacent to an activating group) is 1. The predicted octanol–water partition coefficient (Wildman–Crippen LogP) is 2.24. The van der Waals surface area contributed by atoms with Crippen molar-refractivity contribution in [2.75, 3.05) is 72.5 Å². The highest BCUT2D eigenvalue weighted by Gasteiger charge is 2.24. The van der Waals surface area contributed by atoms with Crippen molar-refractivity contribution in [2.24, 2.45) is 0 Å². The number of anilines is 1. The van der Waals surface area contributed by atoms with E-state index >= 15 is 0 Å². The Hall–Kier alpha value is -2.77. The lowest BCUT2D eigenvalue weighted by molar-refractivity contribution is -0.123. The highest BCUT2D eigenvalue weighted by Crippen LogP contribution is 2.24. The summed E-state index contributed by atoms with van der Waals surface area (Å²) in [4.78, 5) is 19.3. The fraction of sp³-hybridized carbons (Fsp3) is 0.458. The number of piperazine rings is 1. The Morgan fingerprint density at radius 1 is 1.00 bits per heavy atom. The van der Waals surface area contributed by atoms with Crippen LogP contribution in [0.3, 0.4) is 0 Å². The Morgan fingerprint density at radius 3 is 2.19 bits per heavy atom. The number of ether oxygens (including phenoxy) is 2. The number of nitrogens with zero attached hydrogens (tertiary/aromatic N) is 3. The molecule has 0 saturated carbocycles. The largest absolute Gasteiger partial charge is 0.497 e. The minimum Gasteiger partial charge on any atom is -0.497 e. The number of carbonyl (C=O) groups excluding carboxylic acids is 1. The monoisotopic (exact) mass is 426 g/mol. The summed E-state index contributed by atoms with van der Waals surface area (Å²) in [5, 5.41) is 3.07. The van der Waals surface area contributed by atoms with Gasteiger partial charge in [0.15, 0.2) is 6.61 Å². The third-order valence-electron chi connectivity index (χ3n) is 5.69. The lowest BCUT2D eigenvalue weighted by atomic mass is 10.0. The van der Waals surface area contributed by atoms with Crippen LogP contribution in [0, 0.1) is 0 Å². The number of carbonyl (C=O) groups is 1. The molecule has 1 atom stereocenters. The molecule has 0 unspecified atom stereocenters. The van der Waals surface area contributed by atoms with Crippen molar-refractivity contribution in [1.82, 2.24) is 15.1 Å². The Labute approximate surface area is 185 Å². The lowest BCUT2D eigenvalue weighted by Crippen LogP contribution is -2.48. The summed E-state index contributed by atoms with van der Waals surface area (Å²) in [5.74, 6) is 1.28. The van der Waals surface area contributed by atoms with E-state index in [1.165, 1.54) is 5.56 Å². The van der Waals surface area contributed by atoms with Crippen LogP contribution in [0.2, 0.25) is 0 Å². The number of hydrogen-bond donors (Lipinski definition) is 1. The van der Waals surface area contributed by atoms with Crippen LogP contribution < -0.4 is 19.7 Å². The maximum absolute atomic E-state index is 12.5. The predicted molar refractivity (Wildman–Crippen MR) is 124 cm³/mol. The molecule has 0 aliphatic carbocycles. The first-order chi connectivity index (χ1) is 15.0. The van der Waals surface area contributed by atoms with Gasteiger partial charge in [-0.3, -0.25) is 9.69 Å². The molecule has 0 bridgehead atoms. The second-order valence-corrected chi connectivity index (χ2v) is 8.11. The van der Waals surface area contributed by atoms with Crippen LogP contribution in [0.4, 0.5) is 5.69 Å². The summed E-state index contributed by atoms with van der Waals surface area (Å²) >= 11 is 0. The molecule has 1 N–H and O–H groups in total. The van der Waals surface area contributed by atoms with Gasteiger partial charge >= 0.3 is 0 Å². The van der Waals surface area contributed by atoms with Gasteiger partial charge in [0.2, 0.25) is 0 Å². The Bertz CT molecular complexity index is 816. The van der Waals surface area contributed by atoms with Crippen LogP contribution in [-0.2, 0) is 4.79 Å². The van der Waals surface area contributed by atoms with E-state index in [0.717, 1.165) is 37.6 Å². The lowest BCUT2D eigenvalue weighted by Gasteiger charge is -2.38. The standard InChI is InChI=1S/C24H34N4O3/c1-26(2)20-7-5-19(6-8-20)23(28-15-13-27(3)14-16-28)17-25-24(29)18-31-22-11-9-21(30-4)10-12-22/h5-12,23H,13-18H2,1-4H3,(H,25,29)/t23-/m1/s1. The molecule has 2 aromatic rings.